The predicted octanol–water partition coefficient (Wildman–Crippen LogP) is 1.82. The van der Waals surface area contributed by atoms with Crippen LogP contribution in [0, 0.1) is 0 Å². The molecule has 0 saturated carbocycles. The second kappa shape index (κ2) is 6.47. The minimum absolute atomic E-state index is 0.0725. The van der Waals surface area contributed by atoms with E-state index in [1.54, 1.807) is 18.9 Å². The molecule has 0 amide bonds. The van der Waals surface area contributed by atoms with Crippen LogP contribution in [0.25, 0.3) is 0 Å². The summed E-state index contributed by atoms with van der Waals surface area (Å²) in [4.78, 5) is 11.0. The number of esters is 1. The number of carbonyl (C=O) groups excluding carboxylic acids is 1. The number of rotatable bonds is 4. The minimum atomic E-state index is -0.295. The molecule has 0 bridgehead atoms. The SMILES string of the molecule is CCS[C@H]1C[C@@H](OC)[C@H](OC(C)=O)C(C)O1. The van der Waals surface area contributed by atoms with Gasteiger partial charge in [0.05, 0.1) is 12.2 Å². The third-order valence-corrected chi connectivity index (χ3v) is 3.59. The van der Waals surface area contributed by atoms with Crippen LogP contribution < -0.4 is 0 Å². The molecule has 0 radical (unpaired) electrons. The highest BCUT2D eigenvalue weighted by atomic mass is 32.2. The molecule has 1 saturated heterocycles. The van der Waals surface area contributed by atoms with Crippen LogP contribution in [0.5, 0.6) is 0 Å². The first-order valence-electron chi connectivity index (χ1n) is 5.55. The number of carbonyl (C=O) groups is 1. The number of hydrogen-bond donors (Lipinski definition) is 0. The predicted molar refractivity (Wildman–Crippen MR) is 63.4 cm³/mol. The molecule has 0 aliphatic carbocycles. The summed E-state index contributed by atoms with van der Waals surface area (Å²) < 4.78 is 16.4. The number of hydrogen-bond acceptors (Lipinski definition) is 5. The molecule has 0 spiro atoms. The van der Waals surface area contributed by atoms with Gasteiger partial charge in [-0.3, -0.25) is 4.79 Å². The molecule has 5 heteroatoms. The van der Waals surface area contributed by atoms with E-state index in [0.717, 1.165) is 12.2 Å². The van der Waals surface area contributed by atoms with Gasteiger partial charge < -0.3 is 14.2 Å². The molecule has 94 valence electrons. The highest BCUT2D eigenvalue weighted by molar-refractivity contribution is 7.99. The number of ether oxygens (including phenoxy) is 3. The average molecular weight is 248 g/mol. The Labute approximate surface area is 101 Å². The maximum atomic E-state index is 11.0. The van der Waals surface area contributed by atoms with E-state index in [9.17, 15) is 4.79 Å². The van der Waals surface area contributed by atoms with Crippen molar-refractivity contribution >= 4 is 17.7 Å². The van der Waals surface area contributed by atoms with Crippen LogP contribution in [-0.4, -0.2) is 42.6 Å². The van der Waals surface area contributed by atoms with Crippen LogP contribution in [-0.2, 0) is 19.0 Å². The van der Waals surface area contributed by atoms with Crippen LogP contribution in [0.4, 0.5) is 0 Å². The molecule has 1 unspecified atom stereocenters. The zero-order valence-corrected chi connectivity index (χ0v) is 11.1. The van der Waals surface area contributed by atoms with Gasteiger partial charge in [0.25, 0.3) is 0 Å². The Morgan fingerprint density at radius 2 is 2.25 bits per heavy atom. The summed E-state index contributed by atoms with van der Waals surface area (Å²) in [6, 6.07) is 0. The van der Waals surface area contributed by atoms with Gasteiger partial charge in [-0.15, -0.1) is 11.8 Å². The summed E-state index contributed by atoms with van der Waals surface area (Å²) in [6.45, 7) is 5.42. The quantitative estimate of drug-likeness (QED) is 0.710. The minimum Gasteiger partial charge on any atom is -0.457 e. The van der Waals surface area contributed by atoms with Gasteiger partial charge in [-0.25, -0.2) is 0 Å². The average Bonchev–Trinajstić information content (AvgIpc) is 2.21. The van der Waals surface area contributed by atoms with Gasteiger partial charge in [0.15, 0.2) is 6.10 Å². The Morgan fingerprint density at radius 3 is 2.75 bits per heavy atom. The monoisotopic (exact) mass is 248 g/mol. The van der Waals surface area contributed by atoms with Gasteiger partial charge in [0.2, 0.25) is 0 Å². The maximum absolute atomic E-state index is 11.0. The summed E-state index contributed by atoms with van der Waals surface area (Å²) >= 11 is 1.75. The molecule has 0 aromatic rings. The molecule has 0 aromatic heterocycles. The van der Waals surface area contributed by atoms with E-state index < -0.39 is 0 Å². The van der Waals surface area contributed by atoms with Crippen LogP contribution in [0.15, 0.2) is 0 Å². The van der Waals surface area contributed by atoms with Crippen molar-refractivity contribution < 1.29 is 19.0 Å². The van der Waals surface area contributed by atoms with Gasteiger partial charge >= 0.3 is 5.97 Å². The van der Waals surface area contributed by atoms with Gasteiger partial charge in [-0.2, -0.15) is 0 Å². The van der Waals surface area contributed by atoms with Gasteiger partial charge in [-0.1, -0.05) is 6.92 Å². The molecule has 16 heavy (non-hydrogen) atoms. The molecule has 0 N–H and O–H groups in total. The summed E-state index contributed by atoms with van der Waals surface area (Å²) in [5.41, 5.74) is 0.136. The van der Waals surface area contributed by atoms with E-state index in [-0.39, 0.29) is 29.7 Å². The Kier molecular flexibility index (Phi) is 5.58. The smallest absolute Gasteiger partial charge is 0.303 e. The summed E-state index contributed by atoms with van der Waals surface area (Å²) in [6.07, 6.45) is 0.275. The van der Waals surface area contributed by atoms with Crippen molar-refractivity contribution in [2.24, 2.45) is 0 Å². The fraction of sp³-hybridized carbons (Fsp3) is 0.909. The number of methoxy groups -OCH3 is 1. The van der Waals surface area contributed by atoms with Gasteiger partial charge in [-0.05, 0) is 12.7 Å². The van der Waals surface area contributed by atoms with Crippen molar-refractivity contribution in [3.05, 3.63) is 0 Å². The first-order valence-corrected chi connectivity index (χ1v) is 6.60. The fourth-order valence-corrected chi connectivity index (χ4v) is 2.84. The lowest BCUT2D eigenvalue weighted by Gasteiger charge is -2.38. The van der Waals surface area contributed by atoms with E-state index in [0.29, 0.717) is 0 Å². The molecule has 1 fully saturated rings. The molecule has 0 aromatic carbocycles. The van der Waals surface area contributed by atoms with Crippen LogP contribution in [0.1, 0.15) is 27.2 Å². The fourth-order valence-electron chi connectivity index (χ4n) is 1.89. The largest absolute Gasteiger partial charge is 0.457 e. The van der Waals surface area contributed by atoms with E-state index in [2.05, 4.69) is 6.92 Å². The second-order valence-corrected chi connectivity index (χ2v) is 5.25. The summed E-state index contributed by atoms with van der Waals surface area (Å²) in [5, 5.41) is 0. The first-order chi connectivity index (χ1) is 7.58. The topological polar surface area (TPSA) is 44.8 Å². The second-order valence-electron chi connectivity index (χ2n) is 3.81. The first kappa shape index (κ1) is 13.8. The number of thioether (sulfide) groups is 1. The molecule has 1 aliphatic heterocycles. The van der Waals surface area contributed by atoms with E-state index >= 15 is 0 Å². The lowest BCUT2D eigenvalue weighted by Crippen LogP contribution is -2.49. The zero-order chi connectivity index (χ0) is 12.1. The Hall–Kier alpha value is -0.260. The third-order valence-electron chi connectivity index (χ3n) is 2.58. The standard InChI is InChI=1S/C11H20O4S/c1-5-16-10-6-9(13-4)11(7(2)14-10)15-8(3)12/h7,9-11H,5-6H2,1-4H3/t7?,9-,10+,11-/m1/s1. The van der Waals surface area contributed by atoms with Crippen molar-refractivity contribution in [1.29, 1.82) is 0 Å². The highest BCUT2D eigenvalue weighted by Crippen LogP contribution is 2.30. The van der Waals surface area contributed by atoms with Crippen molar-refractivity contribution in [1.82, 2.24) is 0 Å². The third kappa shape index (κ3) is 3.64. The lowest BCUT2D eigenvalue weighted by molar-refractivity contribution is -0.185. The Bertz CT molecular complexity index is 234. The van der Waals surface area contributed by atoms with Gasteiger partial charge in [0, 0.05) is 20.5 Å². The molecular formula is C11H20O4S. The molecule has 1 heterocycles. The van der Waals surface area contributed by atoms with Crippen molar-refractivity contribution in [2.45, 2.75) is 50.9 Å². The highest BCUT2D eigenvalue weighted by Gasteiger charge is 2.38. The Balaban J connectivity index is 2.61. The van der Waals surface area contributed by atoms with E-state index in [1.807, 2.05) is 6.92 Å². The maximum Gasteiger partial charge on any atom is 0.303 e. The van der Waals surface area contributed by atoms with Gasteiger partial charge in [0.1, 0.15) is 5.44 Å². The Morgan fingerprint density at radius 1 is 1.56 bits per heavy atom. The van der Waals surface area contributed by atoms with E-state index in [4.69, 9.17) is 14.2 Å². The van der Waals surface area contributed by atoms with E-state index in [1.165, 1.54) is 6.92 Å². The molecule has 1 aliphatic rings. The van der Waals surface area contributed by atoms with Crippen LogP contribution in [0.3, 0.4) is 0 Å². The van der Waals surface area contributed by atoms with Crippen molar-refractivity contribution in [3.63, 3.8) is 0 Å². The summed E-state index contributed by atoms with van der Waals surface area (Å²) in [7, 11) is 1.65. The van der Waals surface area contributed by atoms with Crippen molar-refractivity contribution in [2.75, 3.05) is 12.9 Å². The van der Waals surface area contributed by atoms with Crippen molar-refractivity contribution in [3.8, 4) is 0 Å². The molecule has 4 nitrogen and oxygen atoms in total. The van der Waals surface area contributed by atoms with Crippen LogP contribution in [0.2, 0.25) is 0 Å². The zero-order valence-electron chi connectivity index (χ0n) is 10.3. The lowest BCUT2D eigenvalue weighted by atomic mass is 10.0. The molecule has 4 atom stereocenters. The molecular weight excluding hydrogens is 228 g/mol. The van der Waals surface area contributed by atoms with Crippen LogP contribution >= 0.6 is 11.8 Å². The normalized spacial score (nSPS) is 34.8. The molecule has 1 rings (SSSR count). The summed E-state index contributed by atoms with van der Waals surface area (Å²) in [5.74, 6) is 0.718.